The molecular formula is C29H28N4O5S. The maximum absolute atomic E-state index is 13.8. The summed E-state index contributed by atoms with van der Waals surface area (Å²) < 4.78 is 1.04. The molecule has 0 aliphatic carbocycles. The van der Waals surface area contributed by atoms with Crippen LogP contribution in [0.3, 0.4) is 0 Å². The van der Waals surface area contributed by atoms with Crippen molar-refractivity contribution < 1.29 is 24.7 Å². The number of carboxylic acid groups (broad SMARTS) is 1. The number of carbonyl (C=O) groups excluding carboxylic acids is 2. The van der Waals surface area contributed by atoms with Crippen molar-refractivity contribution in [1.29, 1.82) is 0 Å². The van der Waals surface area contributed by atoms with Crippen LogP contribution in [0.4, 0.5) is 21.0 Å². The molecule has 0 radical (unpaired) electrons. The van der Waals surface area contributed by atoms with Crippen molar-refractivity contribution >= 4 is 50.8 Å². The number of nitrogens with zero attached hydrogens (tertiary/aromatic N) is 4. The minimum Gasteiger partial charge on any atom is -0.480 e. The quantitative estimate of drug-likeness (QED) is 0.244. The molecule has 1 aromatic heterocycles. The molecule has 1 saturated heterocycles. The van der Waals surface area contributed by atoms with E-state index in [4.69, 9.17) is 0 Å². The second-order valence-corrected chi connectivity index (χ2v) is 10.4. The van der Waals surface area contributed by atoms with Gasteiger partial charge in [-0.2, -0.15) is 5.06 Å². The Morgan fingerprint density at radius 2 is 1.46 bits per heavy atom. The van der Waals surface area contributed by atoms with Crippen LogP contribution in [-0.4, -0.2) is 68.9 Å². The van der Waals surface area contributed by atoms with Gasteiger partial charge < -0.3 is 14.9 Å². The van der Waals surface area contributed by atoms with Gasteiger partial charge in [-0.15, -0.1) is 11.3 Å². The van der Waals surface area contributed by atoms with Gasteiger partial charge in [0.25, 0.3) is 0 Å². The van der Waals surface area contributed by atoms with Gasteiger partial charge in [-0.05, 0) is 48.7 Å². The lowest BCUT2D eigenvalue weighted by atomic mass is 10.1. The van der Waals surface area contributed by atoms with Gasteiger partial charge in [-0.1, -0.05) is 54.6 Å². The van der Waals surface area contributed by atoms with Crippen molar-refractivity contribution in [2.45, 2.75) is 19.0 Å². The normalized spacial score (nSPS) is 16.1. The molecule has 3 aromatic carbocycles. The maximum Gasteiger partial charge on any atom is 0.344 e. The zero-order valence-corrected chi connectivity index (χ0v) is 22.1. The molecule has 2 N–H and O–H groups in total. The average Bonchev–Trinajstić information content (AvgIpc) is 3.41. The van der Waals surface area contributed by atoms with Crippen LogP contribution in [0.2, 0.25) is 0 Å². The van der Waals surface area contributed by atoms with E-state index in [1.807, 2.05) is 42.5 Å². The largest absolute Gasteiger partial charge is 0.480 e. The van der Waals surface area contributed by atoms with Crippen molar-refractivity contribution in [3.05, 3.63) is 95.9 Å². The number of carboxylic acids is 1. The summed E-state index contributed by atoms with van der Waals surface area (Å²) in [4.78, 5) is 44.2. The first-order valence-corrected chi connectivity index (χ1v) is 13.4. The van der Waals surface area contributed by atoms with Crippen LogP contribution in [0.5, 0.6) is 0 Å². The van der Waals surface area contributed by atoms with Crippen LogP contribution in [0.15, 0.2) is 91.0 Å². The van der Waals surface area contributed by atoms with Crippen LogP contribution in [0.25, 0.3) is 10.1 Å². The van der Waals surface area contributed by atoms with E-state index in [0.717, 1.165) is 15.0 Å². The van der Waals surface area contributed by atoms with E-state index in [1.54, 1.807) is 55.5 Å². The Bertz CT molecular complexity index is 1410. The zero-order valence-electron chi connectivity index (χ0n) is 21.3. The van der Waals surface area contributed by atoms with Crippen LogP contribution < -0.4 is 4.90 Å². The molecule has 10 heteroatoms. The fourth-order valence-corrected chi connectivity index (χ4v) is 5.79. The molecule has 39 heavy (non-hydrogen) atoms. The maximum atomic E-state index is 13.8. The number of carbonyl (C=O) groups is 3. The van der Waals surface area contributed by atoms with Crippen LogP contribution in [0, 0.1) is 0 Å². The Hall–Kier alpha value is -4.41. The highest BCUT2D eigenvalue weighted by molar-refractivity contribution is 7.19. The summed E-state index contributed by atoms with van der Waals surface area (Å²) in [5.41, 5.74) is 1.19. The van der Waals surface area contributed by atoms with Gasteiger partial charge in [0.05, 0.1) is 24.0 Å². The Kier molecular flexibility index (Phi) is 7.49. The summed E-state index contributed by atoms with van der Waals surface area (Å²) in [6.45, 7) is 1.52. The summed E-state index contributed by atoms with van der Waals surface area (Å²) in [5, 5.41) is 22.5. The summed E-state index contributed by atoms with van der Waals surface area (Å²) >= 11 is 1.48. The summed E-state index contributed by atoms with van der Waals surface area (Å²) in [6, 6.07) is 24.6. The standard InChI is InChI=1S/C29H28N4O5S/c1-20(26-18-21-10-8-9-15-25(21)39-26)33(38)28(36)30-16-17-31(24(19-30)27(34)35)29(37)32(22-11-4-2-5-12-22)23-13-6-3-7-14-23/h2-15,18,20,24,38H,16-17,19H2,1H3,(H,34,35)/t20?,24-/m0/s1. The van der Waals surface area contributed by atoms with Crippen molar-refractivity contribution in [2.24, 2.45) is 0 Å². The third-order valence-electron chi connectivity index (χ3n) is 6.82. The highest BCUT2D eigenvalue weighted by Crippen LogP contribution is 2.33. The molecule has 4 aromatic rings. The van der Waals surface area contributed by atoms with Gasteiger partial charge in [0.1, 0.15) is 6.04 Å². The second kappa shape index (κ2) is 11.1. The number of fused-ring (bicyclic) bond motifs is 1. The van der Waals surface area contributed by atoms with Crippen LogP contribution in [-0.2, 0) is 4.79 Å². The molecule has 2 heterocycles. The van der Waals surface area contributed by atoms with E-state index >= 15 is 0 Å². The number of anilines is 2. The number of piperazine rings is 1. The van der Waals surface area contributed by atoms with Gasteiger partial charge in [0.15, 0.2) is 0 Å². The van der Waals surface area contributed by atoms with E-state index in [0.29, 0.717) is 16.4 Å². The zero-order chi connectivity index (χ0) is 27.5. The number of rotatable bonds is 5. The molecule has 1 aliphatic heterocycles. The van der Waals surface area contributed by atoms with E-state index in [-0.39, 0.29) is 19.6 Å². The third-order valence-corrected chi connectivity index (χ3v) is 8.11. The lowest BCUT2D eigenvalue weighted by Crippen LogP contribution is -2.62. The predicted molar refractivity (Wildman–Crippen MR) is 149 cm³/mol. The highest BCUT2D eigenvalue weighted by atomic mass is 32.1. The van der Waals surface area contributed by atoms with E-state index in [2.05, 4.69) is 0 Å². The predicted octanol–water partition coefficient (Wildman–Crippen LogP) is 5.80. The Labute approximate surface area is 229 Å². The number of hydrogen-bond donors (Lipinski definition) is 2. The number of amides is 4. The summed E-state index contributed by atoms with van der Waals surface area (Å²) in [7, 11) is 0. The molecule has 0 spiro atoms. The van der Waals surface area contributed by atoms with E-state index in [9.17, 15) is 24.7 Å². The first-order valence-electron chi connectivity index (χ1n) is 12.5. The van der Waals surface area contributed by atoms with Crippen molar-refractivity contribution in [3.63, 3.8) is 0 Å². The summed E-state index contributed by atoms with van der Waals surface area (Å²) in [6.07, 6.45) is 0. The van der Waals surface area contributed by atoms with Crippen molar-refractivity contribution in [2.75, 3.05) is 24.5 Å². The molecular weight excluding hydrogens is 516 g/mol. The lowest BCUT2D eigenvalue weighted by Gasteiger charge is -2.42. The molecule has 2 atom stereocenters. The van der Waals surface area contributed by atoms with E-state index in [1.165, 1.54) is 26.0 Å². The molecule has 200 valence electrons. The Balaban J connectivity index is 1.35. The molecule has 1 unspecified atom stereocenters. The molecule has 9 nitrogen and oxygen atoms in total. The number of thiophene rings is 1. The van der Waals surface area contributed by atoms with Crippen LogP contribution in [0.1, 0.15) is 17.8 Å². The molecule has 5 rings (SSSR count). The SMILES string of the molecule is CC(c1cc2ccccc2s1)N(O)C(=O)N1CCN(C(=O)N(c2ccccc2)c2ccccc2)[C@H](C(=O)O)C1. The van der Waals surface area contributed by atoms with Gasteiger partial charge in [-0.25, -0.2) is 14.4 Å². The van der Waals surface area contributed by atoms with Crippen molar-refractivity contribution in [3.8, 4) is 0 Å². The first-order chi connectivity index (χ1) is 18.8. The number of hydrogen-bond acceptors (Lipinski definition) is 5. The summed E-state index contributed by atoms with van der Waals surface area (Å²) in [5.74, 6) is -1.23. The van der Waals surface area contributed by atoms with Gasteiger partial charge in [0.2, 0.25) is 0 Å². The number of urea groups is 2. The van der Waals surface area contributed by atoms with Crippen LogP contribution >= 0.6 is 11.3 Å². The van der Waals surface area contributed by atoms with E-state index < -0.39 is 30.1 Å². The lowest BCUT2D eigenvalue weighted by molar-refractivity contribution is -0.144. The monoisotopic (exact) mass is 544 g/mol. The topological polar surface area (TPSA) is 105 Å². The van der Waals surface area contributed by atoms with Crippen molar-refractivity contribution in [1.82, 2.24) is 14.9 Å². The van der Waals surface area contributed by atoms with Gasteiger partial charge in [0, 0.05) is 22.7 Å². The van der Waals surface area contributed by atoms with Gasteiger partial charge >= 0.3 is 18.0 Å². The number of para-hydroxylation sites is 2. The minimum absolute atomic E-state index is 0.0111. The average molecular weight is 545 g/mol. The molecule has 0 bridgehead atoms. The molecule has 1 fully saturated rings. The first kappa shape index (κ1) is 26.2. The smallest absolute Gasteiger partial charge is 0.344 e. The second-order valence-electron chi connectivity index (χ2n) is 9.27. The number of benzene rings is 3. The molecule has 1 aliphatic rings. The fourth-order valence-electron chi connectivity index (χ4n) is 4.69. The fraction of sp³-hybridized carbons (Fsp3) is 0.207. The number of hydroxylamine groups is 2. The Morgan fingerprint density at radius 1 is 0.872 bits per heavy atom. The highest BCUT2D eigenvalue weighted by Gasteiger charge is 2.41. The molecule has 4 amide bonds. The number of aliphatic carboxylic acids is 1. The minimum atomic E-state index is -1.29. The van der Waals surface area contributed by atoms with Gasteiger partial charge in [-0.3, -0.25) is 10.1 Å². The molecule has 0 saturated carbocycles. The Morgan fingerprint density at radius 3 is 2.05 bits per heavy atom. The third kappa shape index (κ3) is 5.29.